The Hall–Kier alpha value is -6.46. The summed E-state index contributed by atoms with van der Waals surface area (Å²) in [5.74, 6) is 3.08. The van der Waals surface area contributed by atoms with E-state index in [0.29, 0.717) is 35.8 Å². The largest absolute Gasteiger partial charge is 1.00 e. The first-order valence-electron chi connectivity index (χ1n) is 37.8. The Morgan fingerprint density at radius 3 is 1.32 bits per heavy atom. The number of ether oxygens (including phenoxy) is 1. The van der Waals surface area contributed by atoms with Crippen molar-refractivity contribution < 1.29 is 42.5 Å². The molecular weight excluding hydrogens is 1320 g/mol. The third-order valence-corrected chi connectivity index (χ3v) is 19.3. The van der Waals surface area contributed by atoms with Crippen LogP contribution >= 0.6 is 15.9 Å². The summed E-state index contributed by atoms with van der Waals surface area (Å²) in [5, 5.41) is 11.5. The standard InChI is InChI=1S/C38H47N3.C28H33N3.C10H13Br.C10H13.C4H8O.C4H9.2Li/c1-24(2)30-13-10-14-31(25(3)4)37(30)41-36(28-20-22-29(23-21-28)38(6,7)8)34-17-11-16-33(40-34)32-15-9-12-27-19-18-26(5)39-35(27)32;1-18(2)23-11-8-12-24(19(3)4)28(23)29-17-22-10-7-14-26(31-22)25-13-6-9-21-16-15-20(5)30-27(21)25;1-10(2,3)8-4-6-9(11)7-5-8;1-10(2,3)9-7-5-4-6-8-9;1-2-4-5-3-1;1-4(2)3;;/h9-17,20-26,36,39,41H,18-19H2,1-8H3;6-14,17-20,30H,15-16H2,1-5H3;4-7H,1-3H3;5-8H,1-3H3;1-4H2;1-3H3;;/q;;;-1;;-1;2*+1. The number of benzene rings is 7. The number of rotatable bonds is 12. The fraction of sp³-hybridized carbons (Fsp3) is 0.426. The molecule has 0 aliphatic carbocycles. The van der Waals surface area contributed by atoms with Crippen LogP contribution < -0.4 is 53.7 Å². The molecule has 0 bridgehead atoms. The van der Waals surface area contributed by atoms with Crippen LogP contribution in [0.25, 0.3) is 22.5 Å². The van der Waals surface area contributed by atoms with Gasteiger partial charge in [-0.3, -0.25) is 9.98 Å². The van der Waals surface area contributed by atoms with Gasteiger partial charge in [0.25, 0.3) is 0 Å². The maximum Gasteiger partial charge on any atom is 1.00 e. The van der Waals surface area contributed by atoms with Gasteiger partial charge in [0.05, 0.1) is 40.7 Å². The molecule has 3 aliphatic rings. The van der Waals surface area contributed by atoms with Gasteiger partial charge in [0.1, 0.15) is 0 Å². The molecule has 5 heterocycles. The Morgan fingerprint density at radius 1 is 0.510 bits per heavy atom. The van der Waals surface area contributed by atoms with Crippen LogP contribution in [0.4, 0.5) is 22.7 Å². The minimum atomic E-state index is -0.0900. The van der Waals surface area contributed by atoms with Crippen LogP contribution in [-0.2, 0) is 33.8 Å². The predicted octanol–water partition coefficient (Wildman–Crippen LogP) is 20.7. The summed E-state index contributed by atoms with van der Waals surface area (Å²) >= 11 is 3.41. The molecule has 12 rings (SSSR count). The van der Waals surface area contributed by atoms with Gasteiger partial charge in [-0.15, -0.1) is 0 Å². The van der Waals surface area contributed by atoms with Crippen molar-refractivity contribution in [3.8, 4) is 22.5 Å². The number of halogens is 1. The van der Waals surface area contributed by atoms with Crippen molar-refractivity contribution in [2.24, 2.45) is 4.99 Å². The van der Waals surface area contributed by atoms with Gasteiger partial charge in [0.15, 0.2) is 0 Å². The van der Waals surface area contributed by atoms with E-state index in [2.05, 4.69) is 354 Å². The number of nitrogens with zero attached hydrogens (tertiary/aromatic N) is 3. The third kappa shape index (κ3) is 26.5. The minimum absolute atomic E-state index is 0. The smallest absolute Gasteiger partial charge is 0.382 e. The maximum absolute atomic E-state index is 5.37. The van der Waals surface area contributed by atoms with E-state index in [1.54, 1.807) is 0 Å². The van der Waals surface area contributed by atoms with E-state index in [0.717, 1.165) is 65.4 Å². The molecule has 0 spiro atoms. The zero-order valence-electron chi connectivity index (χ0n) is 68.2. The van der Waals surface area contributed by atoms with Gasteiger partial charge in [0.2, 0.25) is 0 Å². The summed E-state index contributed by atoms with van der Waals surface area (Å²) in [7, 11) is 0. The number of pyridine rings is 2. The molecule has 544 valence electrons. The molecule has 7 nitrogen and oxygen atoms in total. The number of aromatic nitrogens is 2. The van der Waals surface area contributed by atoms with Crippen LogP contribution in [0.1, 0.15) is 275 Å². The van der Waals surface area contributed by atoms with Gasteiger partial charge in [-0.2, -0.15) is 56.7 Å². The number of nitrogens with one attached hydrogen (secondary N) is 3. The van der Waals surface area contributed by atoms with E-state index < -0.39 is 0 Å². The Balaban J connectivity index is 0.000000267. The van der Waals surface area contributed by atoms with Gasteiger partial charge in [0, 0.05) is 58.0 Å². The predicted molar refractivity (Wildman–Crippen MR) is 446 cm³/mol. The fourth-order valence-corrected chi connectivity index (χ4v) is 13.0. The first-order valence-corrected chi connectivity index (χ1v) is 38.5. The average molecular weight is 1450 g/mol. The van der Waals surface area contributed by atoms with Gasteiger partial charge >= 0.3 is 37.7 Å². The average Bonchev–Trinajstić information content (AvgIpc) is 0.810. The number of hydrogen-bond acceptors (Lipinski definition) is 7. The van der Waals surface area contributed by atoms with Crippen LogP contribution in [-0.4, -0.2) is 41.5 Å². The van der Waals surface area contributed by atoms with Crippen molar-refractivity contribution >= 4 is 44.9 Å². The normalized spacial score (nSPS) is 14.9. The molecule has 10 heteroatoms. The van der Waals surface area contributed by atoms with Crippen LogP contribution in [0.5, 0.6) is 0 Å². The molecule has 7 aromatic carbocycles. The fourth-order valence-electron chi connectivity index (χ4n) is 12.7. The van der Waals surface area contributed by atoms with E-state index in [4.69, 9.17) is 19.7 Å². The monoisotopic (exact) mass is 1440 g/mol. The number of aliphatic imine (C=N–C) groups is 1. The van der Waals surface area contributed by atoms with Crippen molar-refractivity contribution in [3.05, 3.63) is 265 Å². The Bertz CT molecular complexity index is 4000. The van der Waals surface area contributed by atoms with E-state index in [9.17, 15) is 0 Å². The molecule has 0 radical (unpaired) electrons. The van der Waals surface area contributed by atoms with Crippen LogP contribution in [0.3, 0.4) is 0 Å². The summed E-state index contributed by atoms with van der Waals surface area (Å²) in [4.78, 5) is 15.3. The van der Waals surface area contributed by atoms with Gasteiger partial charge in [-0.05, 0) is 179 Å². The molecule has 0 saturated carbocycles. The van der Waals surface area contributed by atoms with Gasteiger partial charge < -0.3 is 26.6 Å². The summed E-state index contributed by atoms with van der Waals surface area (Å²) in [5.41, 5.74) is 25.0. The molecule has 1 saturated heterocycles. The second kappa shape index (κ2) is 41.6. The summed E-state index contributed by atoms with van der Waals surface area (Å²) in [6.07, 6.45) is 9.02. The zero-order chi connectivity index (χ0) is 74.5. The second-order valence-corrected chi connectivity index (χ2v) is 33.7. The minimum Gasteiger partial charge on any atom is -0.382 e. The van der Waals surface area contributed by atoms with Gasteiger partial charge in [-0.1, -0.05) is 255 Å². The molecule has 0 amide bonds. The molecule has 104 heavy (non-hydrogen) atoms. The van der Waals surface area contributed by atoms with Crippen molar-refractivity contribution in [1.29, 1.82) is 0 Å². The quantitative estimate of drug-likeness (QED) is 0.0642. The van der Waals surface area contributed by atoms with Crippen molar-refractivity contribution in [2.45, 2.75) is 249 Å². The molecule has 1 fully saturated rings. The molecule has 3 atom stereocenters. The van der Waals surface area contributed by atoms with Gasteiger partial charge in [-0.25, -0.2) is 4.98 Å². The van der Waals surface area contributed by atoms with E-state index in [1.165, 1.54) is 109 Å². The first kappa shape index (κ1) is 88.2. The van der Waals surface area contributed by atoms with E-state index in [-0.39, 0.29) is 60.0 Å². The van der Waals surface area contributed by atoms with Crippen LogP contribution in [0, 0.1) is 12.0 Å². The SMILES string of the molecule is C1CCOC1.CC(C)(C)c1cc[c-]cc1.CC(C)(C)c1ccc(Br)cc1.CC1CCc2cccc(-c3cccc(C(Nc4c(C(C)C)cccc4C(C)C)c4ccc(C(C)(C)C)cc4)n3)c2N1.CC1CCc2cccc(-c3cccc(C=Nc4c(C(C)C)cccc4C(C)C)n3)c2N1.C[C-](C)C.[Li+].[Li+]. The number of fused-ring (bicyclic) bond motifs is 2. The molecular formula is C94H123BrLi2N6O. The topological polar surface area (TPSA) is 83.5 Å². The Morgan fingerprint density at radius 2 is 0.904 bits per heavy atom. The molecule has 3 aliphatic heterocycles. The maximum atomic E-state index is 5.37. The summed E-state index contributed by atoms with van der Waals surface area (Å²) in [6.45, 7) is 50.9. The summed E-state index contributed by atoms with van der Waals surface area (Å²) < 4.78 is 6.09. The summed E-state index contributed by atoms with van der Waals surface area (Å²) in [6, 6.07) is 68.8. The number of anilines is 3. The van der Waals surface area contributed by atoms with E-state index >= 15 is 0 Å². The number of hydrogen-bond donors (Lipinski definition) is 3. The van der Waals surface area contributed by atoms with E-state index in [1.807, 2.05) is 24.4 Å². The first-order chi connectivity index (χ1) is 48.3. The molecule has 3 N–H and O–H groups in total. The zero-order valence-corrected chi connectivity index (χ0v) is 69.8. The number of para-hydroxylation sites is 4. The Kier molecular flexibility index (Phi) is 35.3. The number of aryl methyl sites for hydroxylation is 2. The third-order valence-electron chi connectivity index (χ3n) is 18.7. The molecule has 3 unspecified atom stereocenters. The molecule has 2 aromatic heterocycles. The second-order valence-electron chi connectivity index (χ2n) is 32.8. The van der Waals surface area contributed by atoms with Crippen molar-refractivity contribution in [1.82, 2.24) is 9.97 Å². The van der Waals surface area contributed by atoms with Crippen LogP contribution in [0.15, 0.2) is 191 Å². The molecule has 9 aromatic rings. The Labute approximate surface area is 663 Å². The van der Waals surface area contributed by atoms with Crippen molar-refractivity contribution in [2.75, 3.05) is 29.2 Å². The van der Waals surface area contributed by atoms with Crippen LogP contribution in [0.2, 0.25) is 0 Å². The van der Waals surface area contributed by atoms with Crippen molar-refractivity contribution in [3.63, 3.8) is 0 Å².